The molecule has 1 heterocycles. The number of nitrogens with zero attached hydrogens (tertiary/aromatic N) is 4. The number of hydrogen-bond donors (Lipinski definition) is 1. The summed E-state index contributed by atoms with van der Waals surface area (Å²) in [6.07, 6.45) is 0. The topological polar surface area (TPSA) is 69.6 Å². The largest absolute Gasteiger partial charge is 0.399 e. The molecule has 3 rings (SSSR count). The summed E-state index contributed by atoms with van der Waals surface area (Å²) in [6.45, 7) is 0.646. The number of benzene rings is 2. The first-order valence-corrected chi connectivity index (χ1v) is 5.99. The fraction of sp³-hybridized carbons (Fsp3) is 0.0714. The molecule has 0 atom stereocenters. The fourth-order valence-corrected chi connectivity index (χ4v) is 1.91. The molecule has 0 fully saturated rings. The molecule has 0 aliphatic rings. The lowest BCUT2D eigenvalue weighted by atomic mass is 10.2. The molecular formula is C14H13N5. The van der Waals surface area contributed by atoms with Gasteiger partial charge in [-0.3, -0.25) is 0 Å². The summed E-state index contributed by atoms with van der Waals surface area (Å²) in [5, 5.41) is 11.9. The van der Waals surface area contributed by atoms with E-state index in [1.54, 1.807) is 4.68 Å². The molecule has 19 heavy (non-hydrogen) atoms. The van der Waals surface area contributed by atoms with Crippen molar-refractivity contribution in [3.63, 3.8) is 0 Å². The zero-order chi connectivity index (χ0) is 13.1. The number of anilines is 1. The summed E-state index contributed by atoms with van der Waals surface area (Å²) >= 11 is 0. The van der Waals surface area contributed by atoms with Crippen LogP contribution in [0, 0.1) is 0 Å². The molecule has 3 aromatic rings. The standard InChI is InChI=1S/C14H13N5/c15-13-8-6-12(7-9-13)14-16-17-18-19(14)10-11-4-2-1-3-5-11/h1-9H,10,15H2. The van der Waals surface area contributed by atoms with E-state index < -0.39 is 0 Å². The quantitative estimate of drug-likeness (QED) is 0.722. The number of nitrogens with two attached hydrogens (primary N) is 1. The van der Waals surface area contributed by atoms with E-state index in [-0.39, 0.29) is 0 Å². The number of rotatable bonds is 3. The van der Waals surface area contributed by atoms with Crippen molar-refractivity contribution < 1.29 is 0 Å². The van der Waals surface area contributed by atoms with Gasteiger partial charge < -0.3 is 5.73 Å². The third-order valence-corrected chi connectivity index (χ3v) is 2.88. The van der Waals surface area contributed by atoms with E-state index >= 15 is 0 Å². The highest BCUT2D eigenvalue weighted by Gasteiger charge is 2.08. The summed E-state index contributed by atoms with van der Waals surface area (Å²) in [7, 11) is 0. The highest BCUT2D eigenvalue weighted by atomic mass is 15.5. The molecule has 5 nitrogen and oxygen atoms in total. The van der Waals surface area contributed by atoms with E-state index in [0.717, 1.165) is 22.6 Å². The van der Waals surface area contributed by atoms with Gasteiger partial charge in [0.2, 0.25) is 0 Å². The summed E-state index contributed by atoms with van der Waals surface area (Å²) in [5.74, 6) is 0.740. The minimum absolute atomic E-state index is 0.646. The average molecular weight is 251 g/mol. The van der Waals surface area contributed by atoms with Crippen LogP contribution in [0.3, 0.4) is 0 Å². The van der Waals surface area contributed by atoms with Crippen molar-refractivity contribution in [2.45, 2.75) is 6.54 Å². The second-order valence-corrected chi connectivity index (χ2v) is 4.27. The molecule has 0 amide bonds. The maximum atomic E-state index is 5.68. The first kappa shape index (κ1) is 11.4. The van der Waals surface area contributed by atoms with Crippen LogP contribution in [0.5, 0.6) is 0 Å². The molecule has 0 aliphatic heterocycles. The molecule has 0 unspecified atom stereocenters. The maximum absolute atomic E-state index is 5.68. The second kappa shape index (κ2) is 4.89. The van der Waals surface area contributed by atoms with Gasteiger partial charge in [0.05, 0.1) is 6.54 Å². The van der Waals surface area contributed by atoms with Crippen molar-refractivity contribution in [2.24, 2.45) is 0 Å². The molecule has 1 aromatic heterocycles. The van der Waals surface area contributed by atoms with E-state index in [4.69, 9.17) is 5.73 Å². The van der Waals surface area contributed by atoms with Crippen molar-refractivity contribution >= 4 is 5.69 Å². The molecule has 5 heteroatoms. The van der Waals surface area contributed by atoms with Gasteiger partial charge in [0.1, 0.15) is 0 Å². The molecular weight excluding hydrogens is 238 g/mol. The Morgan fingerprint density at radius 3 is 2.42 bits per heavy atom. The van der Waals surface area contributed by atoms with Crippen LogP contribution in [-0.2, 0) is 6.54 Å². The van der Waals surface area contributed by atoms with Crippen molar-refractivity contribution in [3.8, 4) is 11.4 Å². The predicted octanol–water partition coefficient (Wildman–Crippen LogP) is 1.97. The van der Waals surface area contributed by atoms with Gasteiger partial charge in [0, 0.05) is 11.3 Å². The highest BCUT2D eigenvalue weighted by Crippen LogP contribution is 2.18. The van der Waals surface area contributed by atoms with Crippen LogP contribution in [0.25, 0.3) is 11.4 Å². The Morgan fingerprint density at radius 2 is 1.68 bits per heavy atom. The van der Waals surface area contributed by atoms with Gasteiger partial charge in [0.25, 0.3) is 0 Å². The lowest BCUT2D eigenvalue weighted by molar-refractivity contribution is 0.653. The first-order valence-electron chi connectivity index (χ1n) is 5.99. The van der Waals surface area contributed by atoms with Crippen LogP contribution in [0.15, 0.2) is 54.6 Å². The lowest BCUT2D eigenvalue weighted by Gasteiger charge is -2.05. The van der Waals surface area contributed by atoms with Crippen LogP contribution in [-0.4, -0.2) is 20.2 Å². The third-order valence-electron chi connectivity index (χ3n) is 2.88. The Labute approximate surface area is 110 Å². The molecule has 0 bridgehead atoms. The smallest absolute Gasteiger partial charge is 0.182 e. The van der Waals surface area contributed by atoms with Crippen LogP contribution >= 0.6 is 0 Å². The van der Waals surface area contributed by atoms with Gasteiger partial charge >= 0.3 is 0 Å². The van der Waals surface area contributed by atoms with E-state index in [1.165, 1.54) is 0 Å². The van der Waals surface area contributed by atoms with Crippen molar-refractivity contribution in [1.82, 2.24) is 20.2 Å². The van der Waals surface area contributed by atoms with Crippen LogP contribution < -0.4 is 5.73 Å². The normalized spacial score (nSPS) is 10.5. The minimum atomic E-state index is 0.646. The number of aromatic nitrogens is 4. The van der Waals surface area contributed by atoms with Crippen molar-refractivity contribution in [1.29, 1.82) is 0 Å². The van der Waals surface area contributed by atoms with E-state index in [0.29, 0.717) is 6.54 Å². The monoisotopic (exact) mass is 251 g/mol. The Balaban J connectivity index is 1.92. The lowest BCUT2D eigenvalue weighted by Crippen LogP contribution is -2.04. The molecule has 0 aliphatic carbocycles. The Hall–Kier alpha value is -2.69. The highest BCUT2D eigenvalue weighted by molar-refractivity contribution is 5.58. The Bertz CT molecular complexity index is 658. The van der Waals surface area contributed by atoms with Gasteiger partial charge in [0.15, 0.2) is 5.82 Å². The molecule has 94 valence electrons. The molecule has 2 N–H and O–H groups in total. The van der Waals surface area contributed by atoms with Crippen molar-refractivity contribution in [2.75, 3.05) is 5.73 Å². The summed E-state index contributed by atoms with van der Waals surface area (Å²) in [6, 6.07) is 17.6. The van der Waals surface area contributed by atoms with E-state index in [9.17, 15) is 0 Å². The second-order valence-electron chi connectivity index (χ2n) is 4.27. The summed E-state index contributed by atoms with van der Waals surface area (Å²) < 4.78 is 1.78. The van der Waals surface area contributed by atoms with Crippen LogP contribution in [0.4, 0.5) is 5.69 Å². The Morgan fingerprint density at radius 1 is 0.947 bits per heavy atom. The molecule has 2 aromatic carbocycles. The molecule has 0 saturated heterocycles. The number of nitrogen functional groups attached to an aromatic ring is 1. The number of hydrogen-bond acceptors (Lipinski definition) is 4. The fourth-order valence-electron chi connectivity index (χ4n) is 1.91. The molecule has 0 radical (unpaired) electrons. The minimum Gasteiger partial charge on any atom is -0.399 e. The van der Waals surface area contributed by atoms with Gasteiger partial charge in [-0.25, -0.2) is 4.68 Å². The zero-order valence-electron chi connectivity index (χ0n) is 10.3. The van der Waals surface area contributed by atoms with E-state index in [2.05, 4.69) is 27.7 Å². The Kier molecular flexibility index (Phi) is 2.94. The van der Waals surface area contributed by atoms with Gasteiger partial charge in [-0.15, -0.1) is 5.10 Å². The van der Waals surface area contributed by atoms with Gasteiger partial charge in [-0.2, -0.15) is 0 Å². The van der Waals surface area contributed by atoms with Crippen LogP contribution in [0.2, 0.25) is 0 Å². The number of tetrazole rings is 1. The van der Waals surface area contributed by atoms with E-state index in [1.807, 2.05) is 42.5 Å². The summed E-state index contributed by atoms with van der Waals surface area (Å²) in [5.41, 5.74) is 8.52. The zero-order valence-corrected chi connectivity index (χ0v) is 10.3. The molecule has 0 saturated carbocycles. The first-order chi connectivity index (χ1) is 9.33. The van der Waals surface area contributed by atoms with Gasteiger partial charge in [-0.1, -0.05) is 30.3 Å². The van der Waals surface area contributed by atoms with Crippen molar-refractivity contribution in [3.05, 3.63) is 60.2 Å². The maximum Gasteiger partial charge on any atom is 0.182 e. The van der Waals surface area contributed by atoms with Crippen LogP contribution in [0.1, 0.15) is 5.56 Å². The SMILES string of the molecule is Nc1ccc(-c2nnnn2Cc2ccccc2)cc1. The predicted molar refractivity (Wildman–Crippen MR) is 73.2 cm³/mol. The summed E-state index contributed by atoms with van der Waals surface area (Å²) in [4.78, 5) is 0. The molecule has 0 spiro atoms. The third kappa shape index (κ3) is 2.44. The average Bonchev–Trinajstić information content (AvgIpc) is 2.89. The van der Waals surface area contributed by atoms with Gasteiger partial charge in [-0.05, 0) is 40.3 Å².